The molecule has 1 atom stereocenters. The Morgan fingerprint density at radius 2 is 2.12 bits per heavy atom. The fraction of sp³-hybridized carbons (Fsp3) is 0.625. The van der Waals surface area contributed by atoms with Gasteiger partial charge < -0.3 is 15.4 Å². The summed E-state index contributed by atoms with van der Waals surface area (Å²) < 4.78 is 6.85. The lowest BCUT2D eigenvalue weighted by Gasteiger charge is -2.11. The summed E-state index contributed by atoms with van der Waals surface area (Å²) >= 11 is 7.35. The Morgan fingerprint density at radius 1 is 1.35 bits per heavy atom. The Balaban J connectivity index is 2.22. The van der Waals surface area contributed by atoms with Crippen LogP contribution in [0.4, 0.5) is 5.82 Å². The van der Waals surface area contributed by atoms with Crippen molar-refractivity contribution in [3.8, 4) is 0 Å². The third-order valence-electron chi connectivity index (χ3n) is 3.40. The van der Waals surface area contributed by atoms with Gasteiger partial charge in [-0.3, -0.25) is 4.79 Å². The van der Waals surface area contributed by atoms with E-state index < -0.39 is 5.38 Å². The Hall–Kier alpha value is -1.58. The van der Waals surface area contributed by atoms with E-state index in [-0.39, 0.29) is 5.91 Å². The number of rotatable bonds is 10. The molecule has 2 heterocycles. The fourth-order valence-corrected chi connectivity index (χ4v) is 2.98. The van der Waals surface area contributed by atoms with Gasteiger partial charge in [0.25, 0.3) is 0 Å². The molecule has 0 radical (unpaired) electrons. The van der Waals surface area contributed by atoms with Crippen LogP contribution < -0.4 is 10.6 Å². The second kappa shape index (κ2) is 9.94. The molecular formula is C16H25ClN6O2S. The molecule has 0 aliphatic carbocycles. The van der Waals surface area contributed by atoms with Crippen LogP contribution in [0.25, 0.3) is 11.0 Å². The Labute approximate surface area is 162 Å². The number of anilines is 1. The maximum atomic E-state index is 11.6. The average Bonchev–Trinajstić information content (AvgIpc) is 2.97. The number of alkyl halides is 1. The first-order valence-electron chi connectivity index (χ1n) is 8.47. The van der Waals surface area contributed by atoms with Gasteiger partial charge in [-0.15, -0.1) is 11.6 Å². The van der Waals surface area contributed by atoms with E-state index in [9.17, 15) is 4.79 Å². The van der Waals surface area contributed by atoms with Crippen LogP contribution in [0.1, 0.15) is 20.8 Å². The zero-order valence-corrected chi connectivity index (χ0v) is 17.0. The molecule has 2 aromatic heterocycles. The Kier molecular flexibility index (Phi) is 7.92. The van der Waals surface area contributed by atoms with Gasteiger partial charge in [-0.2, -0.15) is 5.10 Å². The standard InChI is InChI=1S/C16H25ClN6O2S/c1-10(2)26-16-21-13(18-6-8-25-4)12-9-20-23(14(12)22-16)7-5-19-15(24)11(3)17/h9-11H,5-8H2,1-4H3,(H,19,24)(H,18,21,22). The van der Waals surface area contributed by atoms with Crippen molar-refractivity contribution < 1.29 is 9.53 Å². The first-order chi connectivity index (χ1) is 12.4. The van der Waals surface area contributed by atoms with E-state index >= 15 is 0 Å². The van der Waals surface area contributed by atoms with Gasteiger partial charge in [0.15, 0.2) is 10.8 Å². The number of thioether (sulfide) groups is 1. The minimum atomic E-state index is -0.558. The predicted molar refractivity (Wildman–Crippen MR) is 105 cm³/mol. The van der Waals surface area contributed by atoms with Gasteiger partial charge in [-0.1, -0.05) is 25.6 Å². The third-order valence-corrected chi connectivity index (χ3v) is 4.46. The van der Waals surface area contributed by atoms with Crippen molar-refractivity contribution in [1.82, 2.24) is 25.1 Å². The van der Waals surface area contributed by atoms with E-state index in [1.165, 1.54) is 0 Å². The highest BCUT2D eigenvalue weighted by atomic mass is 35.5. The van der Waals surface area contributed by atoms with Gasteiger partial charge in [0.1, 0.15) is 11.2 Å². The predicted octanol–water partition coefficient (Wildman–Crippen LogP) is 2.13. The SMILES string of the molecule is COCCNc1nc(SC(C)C)nc2c1cnn2CCNC(=O)C(C)Cl. The number of methoxy groups -OCH3 is 1. The molecule has 0 bridgehead atoms. The fourth-order valence-electron chi connectivity index (χ4n) is 2.19. The summed E-state index contributed by atoms with van der Waals surface area (Å²) in [5, 5.41) is 11.8. The van der Waals surface area contributed by atoms with Crippen LogP contribution in [-0.2, 0) is 16.1 Å². The van der Waals surface area contributed by atoms with Crippen LogP contribution >= 0.6 is 23.4 Å². The van der Waals surface area contributed by atoms with Crippen LogP contribution in [0.15, 0.2) is 11.4 Å². The molecule has 1 unspecified atom stereocenters. The normalized spacial score (nSPS) is 12.5. The van der Waals surface area contributed by atoms with Crippen molar-refractivity contribution in [3.63, 3.8) is 0 Å². The van der Waals surface area contributed by atoms with Gasteiger partial charge in [0, 0.05) is 25.4 Å². The van der Waals surface area contributed by atoms with E-state index in [2.05, 4.69) is 39.5 Å². The highest BCUT2D eigenvalue weighted by Gasteiger charge is 2.15. The van der Waals surface area contributed by atoms with Crippen LogP contribution in [0.5, 0.6) is 0 Å². The summed E-state index contributed by atoms with van der Waals surface area (Å²) in [7, 11) is 1.66. The molecule has 0 spiro atoms. The summed E-state index contributed by atoms with van der Waals surface area (Å²) in [5.41, 5.74) is 0.733. The quantitative estimate of drug-likeness (QED) is 0.273. The molecular weight excluding hydrogens is 376 g/mol. The van der Waals surface area contributed by atoms with Gasteiger partial charge in [-0.25, -0.2) is 14.6 Å². The second-order valence-corrected chi connectivity index (χ2v) is 8.15. The van der Waals surface area contributed by atoms with Crippen LogP contribution in [-0.4, -0.2) is 63.1 Å². The number of nitrogens with one attached hydrogen (secondary N) is 2. The maximum absolute atomic E-state index is 11.6. The zero-order valence-electron chi connectivity index (χ0n) is 15.5. The van der Waals surface area contributed by atoms with Crippen molar-refractivity contribution in [1.29, 1.82) is 0 Å². The van der Waals surface area contributed by atoms with E-state index in [4.69, 9.17) is 16.3 Å². The van der Waals surface area contributed by atoms with Crippen molar-refractivity contribution in [2.45, 2.75) is 43.1 Å². The molecule has 0 aliphatic rings. The van der Waals surface area contributed by atoms with Crippen LogP contribution in [0, 0.1) is 0 Å². The number of carbonyl (C=O) groups excluding carboxylic acids is 1. The monoisotopic (exact) mass is 400 g/mol. The number of halogens is 1. The molecule has 26 heavy (non-hydrogen) atoms. The molecule has 0 saturated carbocycles. The first kappa shape index (κ1) is 20.7. The summed E-state index contributed by atoms with van der Waals surface area (Å²) in [6.07, 6.45) is 1.74. The van der Waals surface area contributed by atoms with Gasteiger partial charge in [0.2, 0.25) is 5.91 Å². The summed E-state index contributed by atoms with van der Waals surface area (Å²) in [6.45, 7) is 7.97. The molecule has 144 valence electrons. The number of hydrogen-bond donors (Lipinski definition) is 2. The van der Waals surface area contributed by atoms with Gasteiger partial charge in [-0.05, 0) is 6.92 Å². The zero-order chi connectivity index (χ0) is 19.1. The largest absolute Gasteiger partial charge is 0.383 e. The summed E-state index contributed by atoms with van der Waals surface area (Å²) in [5.74, 6) is 0.538. The van der Waals surface area contributed by atoms with Crippen LogP contribution in [0.2, 0.25) is 0 Å². The highest BCUT2D eigenvalue weighted by Crippen LogP contribution is 2.26. The van der Waals surface area contributed by atoms with Crippen molar-refractivity contribution in [3.05, 3.63) is 6.20 Å². The van der Waals surface area contributed by atoms with E-state index in [1.54, 1.807) is 36.7 Å². The molecule has 2 rings (SSSR count). The lowest BCUT2D eigenvalue weighted by atomic mass is 10.4. The van der Waals surface area contributed by atoms with E-state index in [1.807, 2.05) is 0 Å². The third kappa shape index (κ3) is 5.72. The number of hydrogen-bond acceptors (Lipinski definition) is 7. The molecule has 0 aliphatic heterocycles. The minimum Gasteiger partial charge on any atom is -0.383 e. The van der Waals surface area contributed by atoms with Gasteiger partial charge in [0.05, 0.1) is 24.7 Å². The lowest BCUT2D eigenvalue weighted by Crippen LogP contribution is -2.32. The average molecular weight is 401 g/mol. The number of aromatic nitrogens is 4. The molecule has 2 aromatic rings. The molecule has 0 fully saturated rings. The highest BCUT2D eigenvalue weighted by molar-refractivity contribution is 7.99. The molecule has 2 N–H and O–H groups in total. The molecule has 0 saturated heterocycles. The maximum Gasteiger partial charge on any atom is 0.237 e. The van der Waals surface area contributed by atoms with E-state index in [0.29, 0.717) is 36.6 Å². The van der Waals surface area contributed by atoms with Crippen molar-refractivity contribution in [2.24, 2.45) is 0 Å². The van der Waals surface area contributed by atoms with Crippen molar-refractivity contribution in [2.75, 3.05) is 32.1 Å². The van der Waals surface area contributed by atoms with Crippen LogP contribution in [0.3, 0.4) is 0 Å². The number of fused-ring (bicyclic) bond motifs is 1. The second-order valence-electron chi connectivity index (χ2n) is 5.95. The number of amides is 1. The Bertz CT molecular complexity index is 737. The molecule has 8 nitrogen and oxygen atoms in total. The van der Waals surface area contributed by atoms with E-state index in [0.717, 1.165) is 16.9 Å². The number of nitrogens with zero attached hydrogens (tertiary/aromatic N) is 4. The van der Waals surface area contributed by atoms with Crippen molar-refractivity contribution >= 4 is 46.1 Å². The lowest BCUT2D eigenvalue weighted by molar-refractivity contribution is -0.120. The minimum absolute atomic E-state index is 0.198. The smallest absolute Gasteiger partial charge is 0.237 e. The summed E-state index contributed by atoms with van der Waals surface area (Å²) in [6, 6.07) is 0. The molecule has 10 heteroatoms. The Morgan fingerprint density at radius 3 is 2.77 bits per heavy atom. The topological polar surface area (TPSA) is 94.0 Å². The summed E-state index contributed by atoms with van der Waals surface area (Å²) in [4.78, 5) is 20.8. The number of carbonyl (C=O) groups is 1. The van der Waals surface area contributed by atoms with Gasteiger partial charge >= 0.3 is 0 Å². The molecule has 1 amide bonds. The molecule has 0 aromatic carbocycles. The first-order valence-corrected chi connectivity index (χ1v) is 9.78. The number of ether oxygens (including phenoxy) is 1.